The number of nitrogens with two attached hydrogens (primary N) is 1. The molecule has 0 atom stereocenters. The Morgan fingerprint density at radius 2 is 1.92 bits per heavy atom. The fourth-order valence-electron chi connectivity index (χ4n) is 5.71. The zero-order valence-electron chi connectivity index (χ0n) is 23.0. The lowest BCUT2D eigenvalue weighted by molar-refractivity contribution is -0.139. The van der Waals surface area contributed by atoms with Crippen molar-refractivity contribution in [2.45, 2.75) is 76.5 Å². The van der Waals surface area contributed by atoms with Crippen LogP contribution in [0, 0.1) is 0 Å². The van der Waals surface area contributed by atoms with Gasteiger partial charge in [0.15, 0.2) is 0 Å². The molecule has 3 aromatic rings. The van der Waals surface area contributed by atoms with Crippen LogP contribution in [0.1, 0.15) is 75.5 Å². The first kappa shape index (κ1) is 25.5. The minimum Gasteiger partial charge on any atom is -0.470 e. The van der Waals surface area contributed by atoms with E-state index < -0.39 is 11.1 Å². The summed E-state index contributed by atoms with van der Waals surface area (Å²) < 4.78 is 11.9. The van der Waals surface area contributed by atoms with E-state index in [4.69, 9.17) is 20.2 Å². The van der Waals surface area contributed by atoms with Gasteiger partial charge in [0.1, 0.15) is 23.3 Å². The molecule has 2 aliphatic heterocycles. The maximum Gasteiger partial charge on any atom is 0.340 e. The van der Waals surface area contributed by atoms with Crippen molar-refractivity contribution >= 4 is 34.3 Å². The summed E-state index contributed by atoms with van der Waals surface area (Å²) in [6.45, 7) is 10.7. The molecule has 1 saturated heterocycles. The molecule has 6 rings (SSSR count). The number of pyridine rings is 3. The molecule has 2 fully saturated rings. The van der Waals surface area contributed by atoms with Crippen LogP contribution in [-0.4, -0.2) is 56.5 Å². The highest BCUT2D eigenvalue weighted by Crippen LogP contribution is 2.59. The number of aromatic nitrogens is 3. The van der Waals surface area contributed by atoms with Gasteiger partial charge in [0.05, 0.1) is 35.1 Å². The number of hydrogen-bond acceptors (Lipinski definition) is 9. The standard InChI is InChI=1S/C29H34N6O4/c1-6-23(36)35-14-16(15-35)38-25-19-12-31-22(11-18(19)20(13-32-25)27(2,3)30)33-21-8-7-17-24(34-21)29(9-10-29)28(4,5)39-26(17)37/h7-8,11-13,16H,6,9-10,14-15,30H2,1-5H3,(H,31,33,34). The highest BCUT2D eigenvalue weighted by atomic mass is 16.6. The third-order valence-electron chi connectivity index (χ3n) is 8.29. The van der Waals surface area contributed by atoms with Gasteiger partial charge in [0, 0.05) is 24.4 Å². The fraction of sp³-hybridized carbons (Fsp3) is 0.483. The number of nitrogens with one attached hydrogen (secondary N) is 1. The molecule has 204 valence electrons. The number of carbonyl (C=O) groups is 2. The third kappa shape index (κ3) is 4.17. The van der Waals surface area contributed by atoms with Crippen LogP contribution in [0.25, 0.3) is 10.8 Å². The van der Waals surface area contributed by atoms with Gasteiger partial charge in [-0.2, -0.15) is 0 Å². The molecular weight excluding hydrogens is 496 g/mol. The average molecular weight is 531 g/mol. The summed E-state index contributed by atoms with van der Waals surface area (Å²) in [4.78, 5) is 40.4. The van der Waals surface area contributed by atoms with Crippen molar-refractivity contribution < 1.29 is 19.1 Å². The van der Waals surface area contributed by atoms with Gasteiger partial charge in [-0.1, -0.05) is 6.92 Å². The number of esters is 1. The van der Waals surface area contributed by atoms with Crippen molar-refractivity contribution in [1.82, 2.24) is 19.9 Å². The number of likely N-dealkylation sites (tertiary alicyclic amines) is 1. The molecule has 10 heteroatoms. The van der Waals surface area contributed by atoms with Crippen LogP contribution in [0.15, 0.2) is 30.6 Å². The molecule has 5 heterocycles. The van der Waals surface area contributed by atoms with E-state index in [1.165, 1.54) is 0 Å². The molecule has 1 saturated carbocycles. The summed E-state index contributed by atoms with van der Waals surface area (Å²) in [6, 6.07) is 5.47. The molecule has 1 aliphatic carbocycles. The van der Waals surface area contributed by atoms with Crippen LogP contribution in [0.2, 0.25) is 0 Å². The highest BCUT2D eigenvalue weighted by molar-refractivity contribution is 5.94. The zero-order valence-corrected chi connectivity index (χ0v) is 23.0. The monoisotopic (exact) mass is 530 g/mol. The fourth-order valence-corrected chi connectivity index (χ4v) is 5.71. The molecule has 39 heavy (non-hydrogen) atoms. The van der Waals surface area contributed by atoms with Crippen molar-refractivity contribution in [1.29, 1.82) is 0 Å². The Morgan fingerprint density at radius 3 is 2.59 bits per heavy atom. The molecule has 0 radical (unpaired) electrons. The first-order valence-electron chi connectivity index (χ1n) is 13.5. The van der Waals surface area contributed by atoms with E-state index in [9.17, 15) is 9.59 Å². The van der Waals surface area contributed by atoms with Crippen molar-refractivity contribution in [3.63, 3.8) is 0 Å². The van der Waals surface area contributed by atoms with Gasteiger partial charge in [-0.3, -0.25) is 4.79 Å². The maximum atomic E-state index is 12.6. The lowest BCUT2D eigenvalue weighted by atomic mass is 9.80. The zero-order chi connectivity index (χ0) is 27.7. The predicted octanol–water partition coefficient (Wildman–Crippen LogP) is 3.94. The van der Waals surface area contributed by atoms with E-state index >= 15 is 0 Å². The van der Waals surface area contributed by atoms with Crippen LogP contribution in [0.4, 0.5) is 11.6 Å². The summed E-state index contributed by atoms with van der Waals surface area (Å²) in [6.07, 6.45) is 5.70. The number of hydrogen-bond donors (Lipinski definition) is 2. The topological polar surface area (TPSA) is 133 Å². The summed E-state index contributed by atoms with van der Waals surface area (Å²) in [5.41, 5.74) is 7.17. The Labute approximate surface area is 227 Å². The number of anilines is 2. The van der Waals surface area contributed by atoms with E-state index in [0.29, 0.717) is 42.6 Å². The molecule has 10 nitrogen and oxygen atoms in total. The average Bonchev–Trinajstić information content (AvgIpc) is 3.66. The van der Waals surface area contributed by atoms with Crippen LogP contribution in [0.5, 0.6) is 5.88 Å². The van der Waals surface area contributed by atoms with E-state index in [1.54, 1.807) is 29.4 Å². The minimum atomic E-state index is -0.655. The van der Waals surface area contributed by atoms with E-state index in [2.05, 4.69) is 15.3 Å². The Balaban J connectivity index is 1.32. The predicted molar refractivity (Wildman–Crippen MR) is 146 cm³/mol. The molecule has 0 aromatic carbocycles. The van der Waals surface area contributed by atoms with E-state index in [1.807, 2.05) is 40.7 Å². The summed E-state index contributed by atoms with van der Waals surface area (Å²) in [5, 5.41) is 4.93. The van der Waals surface area contributed by atoms with E-state index in [-0.39, 0.29) is 23.4 Å². The van der Waals surface area contributed by atoms with Crippen LogP contribution in [0.3, 0.4) is 0 Å². The number of carbonyl (C=O) groups excluding carboxylic acids is 2. The molecular formula is C29H34N6O4. The maximum absolute atomic E-state index is 12.6. The largest absolute Gasteiger partial charge is 0.470 e. The van der Waals surface area contributed by atoms with Gasteiger partial charge < -0.3 is 25.4 Å². The SMILES string of the molecule is CCC(=O)N1CC(Oc2ncc(C(C)(C)N)c3cc(Nc4ccc5c(n4)C4(CC4)C(C)(C)OC5=O)ncc23)C1. The highest BCUT2D eigenvalue weighted by Gasteiger charge is 2.63. The molecule has 3 N–H and O–H groups in total. The molecule has 0 bridgehead atoms. The van der Waals surface area contributed by atoms with Gasteiger partial charge >= 0.3 is 5.97 Å². The first-order chi connectivity index (χ1) is 18.4. The van der Waals surface area contributed by atoms with Crippen molar-refractivity contribution in [2.75, 3.05) is 18.4 Å². The minimum absolute atomic E-state index is 0.115. The molecule has 0 unspecified atom stereocenters. The van der Waals surface area contributed by atoms with Gasteiger partial charge in [-0.15, -0.1) is 0 Å². The molecule has 3 aromatic heterocycles. The lowest BCUT2D eigenvalue weighted by Gasteiger charge is -2.39. The molecule has 1 spiro atoms. The Bertz CT molecular complexity index is 1500. The normalized spacial score (nSPS) is 19.3. The second-order valence-corrected chi connectivity index (χ2v) is 11.9. The third-order valence-corrected chi connectivity index (χ3v) is 8.29. The Hall–Kier alpha value is -3.79. The first-order valence-corrected chi connectivity index (χ1v) is 13.5. The van der Waals surface area contributed by atoms with Crippen molar-refractivity contribution in [3.8, 4) is 5.88 Å². The second-order valence-electron chi connectivity index (χ2n) is 11.9. The lowest BCUT2D eigenvalue weighted by Crippen LogP contribution is -2.56. The van der Waals surface area contributed by atoms with Crippen LogP contribution >= 0.6 is 0 Å². The van der Waals surface area contributed by atoms with Crippen molar-refractivity contribution in [2.24, 2.45) is 5.73 Å². The Morgan fingerprint density at radius 1 is 1.18 bits per heavy atom. The smallest absolute Gasteiger partial charge is 0.340 e. The van der Waals surface area contributed by atoms with Gasteiger partial charge in [0.2, 0.25) is 11.8 Å². The van der Waals surface area contributed by atoms with Gasteiger partial charge in [-0.25, -0.2) is 19.7 Å². The number of rotatable bonds is 6. The van der Waals surface area contributed by atoms with Gasteiger partial charge in [-0.05, 0) is 69.7 Å². The van der Waals surface area contributed by atoms with Gasteiger partial charge in [0.25, 0.3) is 0 Å². The number of fused-ring (bicyclic) bond motifs is 3. The second kappa shape index (κ2) is 8.61. The number of amides is 1. The van der Waals surface area contributed by atoms with Crippen molar-refractivity contribution in [3.05, 3.63) is 47.4 Å². The van der Waals surface area contributed by atoms with E-state index in [0.717, 1.165) is 34.9 Å². The number of cyclic esters (lactones) is 1. The summed E-state index contributed by atoms with van der Waals surface area (Å²) in [5.74, 6) is 1.44. The molecule has 1 amide bonds. The number of nitrogens with zero attached hydrogens (tertiary/aromatic N) is 4. The Kier molecular flexibility index (Phi) is 5.62. The quantitative estimate of drug-likeness (QED) is 0.455. The summed E-state index contributed by atoms with van der Waals surface area (Å²) in [7, 11) is 0. The summed E-state index contributed by atoms with van der Waals surface area (Å²) >= 11 is 0. The number of ether oxygens (including phenoxy) is 2. The van der Waals surface area contributed by atoms with Crippen LogP contribution < -0.4 is 15.8 Å². The van der Waals surface area contributed by atoms with Crippen LogP contribution in [-0.2, 0) is 20.5 Å². The molecule has 3 aliphatic rings.